The van der Waals surface area contributed by atoms with Crippen LogP contribution in [0.15, 0.2) is 96.3 Å². The number of halogens is 2. The van der Waals surface area contributed by atoms with Gasteiger partial charge in [0.25, 0.3) is 0 Å². The van der Waals surface area contributed by atoms with Gasteiger partial charge in [-0.15, -0.1) is 12.4 Å². The Labute approximate surface area is 223 Å². The molecule has 1 aliphatic heterocycles. The summed E-state index contributed by atoms with van der Waals surface area (Å²) in [5.74, 6) is 0. The molecule has 1 atom stereocenters. The Morgan fingerprint density at radius 2 is 1.69 bits per heavy atom. The van der Waals surface area contributed by atoms with Gasteiger partial charge in [0.15, 0.2) is 0 Å². The number of benzene rings is 3. The van der Waals surface area contributed by atoms with E-state index in [1.54, 1.807) is 34.9 Å². The zero-order valence-corrected chi connectivity index (χ0v) is 22.3. The molecule has 0 radical (unpaired) electrons. The van der Waals surface area contributed by atoms with Gasteiger partial charge >= 0.3 is 0 Å². The van der Waals surface area contributed by atoms with Crippen LogP contribution in [0.5, 0.6) is 0 Å². The van der Waals surface area contributed by atoms with Crippen molar-refractivity contribution in [2.45, 2.75) is 30.4 Å². The number of rotatable bonds is 6. The normalized spacial score (nSPS) is 16.2. The minimum absolute atomic E-state index is 0. The minimum atomic E-state index is -3.76. The Kier molecular flexibility index (Phi) is 8.05. The van der Waals surface area contributed by atoms with Crippen molar-refractivity contribution >= 4 is 39.7 Å². The summed E-state index contributed by atoms with van der Waals surface area (Å²) < 4.78 is 31.6. The van der Waals surface area contributed by atoms with Gasteiger partial charge in [0, 0.05) is 43.1 Å². The maximum Gasteiger partial charge on any atom is 0.243 e. The molecule has 4 aromatic rings. The lowest BCUT2D eigenvalue weighted by molar-refractivity contribution is 0.317. The molecule has 0 saturated carbocycles. The average Bonchev–Trinajstić information content (AvgIpc) is 3.20. The van der Waals surface area contributed by atoms with Gasteiger partial charge in [-0.3, -0.25) is 0 Å². The van der Waals surface area contributed by atoms with Gasteiger partial charge in [-0.2, -0.15) is 4.31 Å². The fraction of sp³-hybridized carbons (Fsp3) is 0.222. The molecule has 5 rings (SSSR count). The Morgan fingerprint density at radius 3 is 2.36 bits per heavy atom. The van der Waals surface area contributed by atoms with Crippen molar-refractivity contribution in [2.24, 2.45) is 7.05 Å². The molecule has 188 valence electrons. The molecular formula is C27H28Cl2N4O2S. The minimum Gasteiger partial charge on any atom is -0.364 e. The molecule has 0 unspecified atom stereocenters. The summed E-state index contributed by atoms with van der Waals surface area (Å²) in [7, 11) is -1.79. The van der Waals surface area contributed by atoms with Crippen LogP contribution in [-0.4, -0.2) is 34.9 Å². The maximum absolute atomic E-state index is 14.0. The average molecular weight is 544 g/mol. The molecule has 0 saturated heterocycles. The summed E-state index contributed by atoms with van der Waals surface area (Å²) >= 11 is 6.39. The van der Waals surface area contributed by atoms with Gasteiger partial charge in [-0.25, -0.2) is 13.4 Å². The SMILES string of the molecule is Cl.Cn1cncc1CN1C[C@@H](Cc2ccccc2)N(S(=O)(=O)c2ccccc2)Cc2cc(Cl)ccc21. The Balaban J connectivity index is 0.00000304. The smallest absolute Gasteiger partial charge is 0.243 e. The lowest BCUT2D eigenvalue weighted by atomic mass is 10.1. The molecule has 0 amide bonds. The van der Waals surface area contributed by atoms with E-state index in [0.29, 0.717) is 29.4 Å². The molecule has 0 spiro atoms. The molecule has 3 aromatic carbocycles. The summed E-state index contributed by atoms with van der Waals surface area (Å²) in [5, 5.41) is 0.586. The number of hydrogen-bond acceptors (Lipinski definition) is 4. The molecule has 2 heterocycles. The number of hydrogen-bond donors (Lipinski definition) is 0. The fourth-order valence-corrected chi connectivity index (χ4v) is 6.48. The largest absolute Gasteiger partial charge is 0.364 e. The van der Waals surface area contributed by atoms with Gasteiger partial charge < -0.3 is 9.47 Å². The van der Waals surface area contributed by atoms with Crippen molar-refractivity contribution in [3.8, 4) is 0 Å². The Bertz CT molecular complexity index is 1410. The van der Waals surface area contributed by atoms with Gasteiger partial charge in [-0.05, 0) is 47.9 Å². The first-order chi connectivity index (χ1) is 16.9. The molecule has 1 aromatic heterocycles. The predicted molar refractivity (Wildman–Crippen MR) is 146 cm³/mol. The number of aromatic nitrogens is 2. The number of fused-ring (bicyclic) bond motifs is 1. The van der Waals surface area contributed by atoms with E-state index in [1.807, 2.05) is 72.4 Å². The predicted octanol–water partition coefficient (Wildman–Crippen LogP) is 5.32. The van der Waals surface area contributed by atoms with Crippen LogP contribution in [0.25, 0.3) is 0 Å². The van der Waals surface area contributed by atoms with Crippen LogP contribution in [0.3, 0.4) is 0 Å². The summed E-state index contributed by atoms with van der Waals surface area (Å²) in [6.45, 7) is 1.38. The molecule has 0 fully saturated rings. The van der Waals surface area contributed by atoms with Crippen LogP contribution in [0.1, 0.15) is 16.8 Å². The Hall–Kier alpha value is -2.84. The van der Waals surface area contributed by atoms with Crippen molar-refractivity contribution in [2.75, 3.05) is 11.4 Å². The van der Waals surface area contributed by atoms with Crippen molar-refractivity contribution in [3.63, 3.8) is 0 Å². The van der Waals surface area contributed by atoms with E-state index < -0.39 is 10.0 Å². The molecule has 36 heavy (non-hydrogen) atoms. The maximum atomic E-state index is 14.0. The van der Waals surface area contributed by atoms with Crippen LogP contribution in [0, 0.1) is 0 Å². The van der Waals surface area contributed by atoms with Crippen molar-refractivity contribution in [3.05, 3.63) is 113 Å². The molecule has 1 aliphatic rings. The van der Waals surface area contributed by atoms with Crippen molar-refractivity contribution in [1.29, 1.82) is 0 Å². The van der Waals surface area contributed by atoms with E-state index in [2.05, 4.69) is 9.88 Å². The Morgan fingerprint density at radius 1 is 1.00 bits per heavy atom. The van der Waals surface area contributed by atoms with Crippen LogP contribution in [0.2, 0.25) is 5.02 Å². The van der Waals surface area contributed by atoms with E-state index in [4.69, 9.17) is 11.6 Å². The first-order valence-corrected chi connectivity index (χ1v) is 13.3. The van der Waals surface area contributed by atoms with E-state index in [1.165, 1.54) is 0 Å². The third-order valence-corrected chi connectivity index (χ3v) is 8.63. The number of nitrogens with zero attached hydrogens (tertiary/aromatic N) is 4. The van der Waals surface area contributed by atoms with Gasteiger partial charge in [0.1, 0.15) is 0 Å². The molecule has 0 N–H and O–H groups in total. The van der Waals surface area contributed by atoms with Crippen molar-refractivity contribution in [1.82, 2.24) is 13.9 Å². The monoisotopic (exact) mass is 542 g/mol. The summed E-state index contributed by atoms with van der Waals surface area (Å²) in [6.07, 6.45) is 4.23. The highest BCUT2D eigenvalue weighted by atomic mass is 35.5. The lowest BCUT2D eigenvalue weighted by Gasteiger charge is -2.32. The van der Waals surface area contributed by atoms with Gasteiger partial charge in [-0.1, -0.05) is 60.1 Å². The van der Waals surface area contributed by atoms with Crippen LogP contribution in [0.4, 0.5) is 5.69 Å². The zero-order chi connectivity index (χ0) is 24.4. The van der Waals surface area contributed by atoms with Crippen LogP contribution >= 0.6 is 24.0 Å². The second kappa shape index (κ2) is 11.0. The van der Waals surface area contributed by atoms with E-state index >= 15 is 0 Å². The number of imidazole rings is 1. The summed E-state index contributed by atoms with van der Waals surface area (Å²) in [4.78, 5) is 6.81. The lowest BCUT2D eigenvalue weighted by Crippen LogP contribution is -2.45. The first kappa shape index (κ1) is 26.2. The molecule has 0 aliphatic carbocycles. The highest BCUT2D eigenvalue weighted by Crippen LogP contribution is 2.34. The van der Waals surface area contributed by atoms with E-state index in [9.17, 15) is 8.42 Å². The topological polar surface area (TPSA) is 58.4 Å². The van der Waals surface area contributed by atoms with Crippen LogP contribution < -0.4 is 4.90 Å². The number of aryl methyl sites for hydroxylation is 1. The second-order valence-corrected chi connectivity index (χ2v) is 11.2. The molecule has 9 heteroatoms. The zero-order valence-electron chi connectivity index (χ0n) is 19.9. The molecular weight excluding hydrogens is 515 g/mol. The second-order valence-electron chi connectivity index (χ2n) is 8.86. The first-order valence-electron chi connectivity index (χ1n) is 11.5. The van der Waals surface area contributed by atoms with E-state index in [0.717, 1.165) is 22.5 Å². The quantitative estimate of drug-likeness (QED) is 0.331. The van der Waals surface area contributed by atoms with E-state index in [-0.39, 0.29) is 25.0 Å². The van der Waals surface area contributed by atoms with Crippen LogP contribution in [-0.2, 0) is 36.6 Å². The third kappa shape index (κ3) is 5.44. The molecule has 0 bridgehead atoms. The van der Waals surface area contributed by atoms with Gasteiger partial charge in [0.2, 0.25) is 10.0 Å². The van der Waals surface area contributed by atoms with Gasteiger partial charge in [0.05, 0.1) is 23.5 Å². The van der Waals surface area contributed by atoms with Crippen molar-refractivity contribution < 1.29 is 8.42 Å². The highest BCUT2D eigenvalue weighted by molar-refractivity contribution is 7.89. The fourth-order valence-electron chi connectivity index (χ4n) is 4.67. The standard InChI is InChI=1S/C27H27ClN4O2S.ClH/c1-30-20-29-16-25(30)19-31-18-24(14-21-8-4-2-5-9-21)32(17-22-15-23(28)12-13-27(22)31)35(33,34)26-10-6-3-7-11-26;/h2-13,15-16,20,24H,14,17-19H2,1H3;1H/t24-;/m1./s1. The molecule has 6 nitrogen and oxygen atoms in total. The third-order valence-electron chi connectivity index (χ3n) is 6.48. The number of anilines is 1. The summed E-state index contributed by atoms with van der Waals surface area (Å²) in [6, 6.07) is 24.2. The number of sulfonamides is 1. The highest BCUT2D eigenvalue weighted by Gasteiger charge is 2.36. The summed E-state index contributed by atoms with van der Waals surface area (Å²) in [5.41, 5.74) is 4.01.